The molecule has 1 aromatic heterocycles. The lowest BCUT2D eigenvalue weighted by Crippen LogP contribution is -2.36. The predicted molar refractivity (Wildman–Crippen MR) is 141 cm³/mol. The number of urea groups is 1. The van der Waals surface area contributed by atoms with Crippen molar-refractivity contribution in [2.24, 2.45) is 5.73 Å². The van der Waals surface area contributed by atoms with Gasteiger partial charge in [-0.1, -0.05) is 23.4 Å². The van der Waals surface area contributed by atoms with E-state index in [4.69, 9.17) is 5.73 Å². The van der Waals surface area contributed by atoms with E-state index in [1.165, 1.54) is 0 Å². The molecule has 0 spiro atoms. The number of nitrogens with zero attached hydrogens (tertiary/aromatic N) is 5. The molecule has 0 saturated carbocycles. The highest BCUT2D eigenvalue weighted by molar-refractivity contribution is 5.95. The first-order chi connectivity index (χ1) is 18.2. The first-order valence-corrected chi connectivity index (χ1v) is 12.7. The van der Waals surface area contributed by atoms with E-state index in [2.05, 4.69) is 15.6 Å². The Labute approximate surface area is 220 Å². The molecule has 4 amide bonds. The fourth-order valence-electron chi connectivity index (χ4n) is 5.39. The first kappa shape index (κ1) is 25.4. The zero-order chi connectivity index (χ0) is 26.9. The SMILES string of the molecule is CC(=O)N1CCC(n2cc(C3(O)CCCN(C(=O)c4ccc(NC(N)=O)cc4)CC3)nn2)c2ccccc21. The molecule has 0 bridgehead atoms. The lowest BCUT2D eigenvalue weighted by molar-refractivity contribution is -0.116. The third-order valence-corrected chi connectivity index (χ3v) is 7.40. The number of para-hydroxylation sites is 1. The quantitative estimate of drug-likeness (QED) is 0.485. The molecule has 198 valence electrons. The molecule has 3 heterocycles. The highest BCUT2D eigenvalue weighted by Gasteiger charge is 2.37. The standard InChI is InChI=1S/C27H31N7O4/c1-18(35)33-15-11-23(21-5-2-3-6-22(21)33)34-17-24(30-31-34)27(38)12-4-14-32(16-13-27)25(36)19-7-9-20(10-8-19)29-26(28)37/h2-3,5-10,17,23,38H,4,11-16H2,1H3,(H3,28,29,37). The Morgan fingerprint density at radius 1 is 1.05 bits per heavy atom. The molecule has 2 aromatic carbocycles. The molecule has 1 fully saturated rings. The Morgan fingerprint density at radius 3 is 2.55 bits per heavy atom. The maximum atomic E-state index is 13.1. The van der Waals surface area contributed by atoms with Gasteiger partial charge < -0.3 is 26.0 Å². The van der Waals surface area contributed by atoms with Crippen LogP contribution >= 0.6 is 0 Å². The average Bonchev–Trinajstić information content (AvgIpc) is 3.32. The van der Waals surface area contributed by atoms with Crippen LogP contribution in [0.1, 0.15) is 60.3 Å². The summed E-state index contributed by atoms with van der Waals surface area (Å²) >= 11 is 0. The summed E-state index contributed by atoms with van der Waals surface area (Å²) in [5, 5.41) is 22.8. The van der Waals surface area contributed by atoms with Gasteiger partial charge in [0.15, 0.2) is 0 Å². The Bertz CT molecular complexity index is 1360. The lowest BCUT2D eigenvalue weighted by atomic mass is 9.91. The fourth-order valence-corrected chi connectivity index (χ4v) is 5.39. The van der Waals surface area contributed by atoms with Gasteiger partial charge >= 0.3 is 6.03 Å². The maximum Gasteiger partial charge on any atom is 0.316 e. The number of aromatic nitrogens is 3. The average molecular weight is 518 g/mol. The third kappa shape index (κ3) is 4.97. The molecule has 11 nitrogen and oxygen atoms in total. The van der Waals surface area contributed by atoms with Crippen molar-refractivity contribution in [3.8, 4) is 0 Å². The van der Waals surface area contributed by atoms with Gasteiger partial charge in [-0.15, -0.1) is 5.10 Å². The fraction of sp³-hybridized carbons (Fsp3) is 0.370. The van der Waals surface area contributed by atoms with Gasteiger partial charge in [0.25, 0.3) is 5.91 Å². The molecule has 0 aliphatic carbocycles. The monoisotopic (exact) mass is 517 g/mol. The molecule has 38 heavy (non-hydrogen) atoms. The number of rotatable bonds is 4. The number of primary amides is 1. The summed E-state index contributed by atoms with van der Waals surface area (Å²) in [5.41, 5.74) is 7.28. The number of nitrogens with two attached hydrogens (primary N) is 1. The third-order valence-electron chi connectivity index (χ3n) is 7.40. The molecule has 2 atom stereocenters. The number of carbonyl (C=O) groups is 3. The minimum absolute atomic E-state index is 0.000294. The molecule has 3 aromatic rings. The zero-order valence-corrected chi connectivity index (χ0v) is 21.2. The summed E-state index contributed by atoms with van der Waals surface area (Å²) in [6.45, 7) is 3.01. The van der Waals surface area contributed by atoms with Crippen molar-refractivity contribution in [1.82, 2.24) is 19.9 Å². The molecule has 2 unspecified atom stereocenters. The van der Waals surface area contributed by atoms with E-state index in [-0.39, 0.29) is 17.9 Å². The van der Waals surface area contributed by atoms with E-state index in [1.54, 1.807) is 51.9 Å². The van der Waals surface area contributed by atoms with Gasteiger partial charge in [0.05, 0.1) is 12.2 Å². The van der Waals surface area contributed by atoms with Gasteiger partial charge in [-0.3, -0.25) is 9.59 Å². The number of amides is 4. The number of likely N-dealkylation sites (tertiary alicyclic amines) is 1. The van der Waals surface area contributed by atoms with Crippen LogP contribution in [-0.2, 0) is 10.4 Å². The molecule has 2 aliphatic heterocycles. The number of hydrogen-bond acceptors (Lipinski definition) is 6. The normalized spacial score (nSPS) is 21.4. The van der Waals surface area contributed by atoms with Crippen LogP contribution in [0.15, 0.2) is 54.7 Å². The van der Waals surface area contributed by atoms with E-state index in [0.29, 0.717) is 62.3 Å². The molecule has 4 N–H and O–H groups in total. The molecule has 5 rings (SSSR count). The van der Waals surface area contributed by atoms with E-state index < -0.39 is 11.6 Å². The van der Waals surface area contributed by atoms with Gasteiger partial charge in [-0.2, -0.15) is 0 Å². The van der Waals surface area contributed by atoms with Crippen molar-refractivity contribution >= 4 is 29.2 Å². The van der Waals surface area contributed by atoms with Gasteiger partial charge in [-0.05, 0) is 56.0 Å². The Balaban J connectivity index is 1.30. The topological polar surface area (TPSA) is 147 Å². The summed E-state index contributed by atoms with van der Waals surface area (Å²) in [6, 6.07) is 13.6. The number of hydrogen-bond donors (Lipinski definition) is 3. The Kier molecular flexibility index (Phi) is 6.85. The number of nitrogens with one attached hydrogen (secondary N) is 1. The summed E-state index contributed by atoms with van der Waals surface area (Å²) in [6.07, 6.45) is 3.88. The van der Waals surface area contributed by atoms with E-state index in [9.17, 15) is 19.5 Å². The van der Waals surface area contributed by atoms with E-state index in [0.717, 1.165) is 11.3 Å². The Hall–Kier alpha value is -4.25. The first-order valence-electron chi connectivity index (χ1n) is 12.7. The number of carbonyl (C=O) groups excluding carboxylic acids is 3. The van der Waals surface area contributed by atoms with Crippen molar-refractivity contribution in [2.45, 2.75) is 44.2 Å². The number of anilines is 2. The van der Waals surface area contributed by atoms with Crippen LogP contribution in [0.3, 0.4) is 0 Å². The number of aliphatic hydroxyl groups is 1. The van der Waals surface area contributed by atoms with Crippen LogP contribution in [0.25, 0.3) is 0 Å². The van der Waals surface area contributed by atoms with Crippen molar-refractivity contribution in [1.29, 1.82) is 0 Å². The van der Waals surface area contributed by atoms with Gasteiger partial charge in [0, 0.05) is 49.1 Å². The number of benzene rings is 2. The maximum absolute atomic E-state index is 13.1. The van der Waals surface area contributed by atoms with Crippen LogP contribution in [0.4, 0.5) is 16.2 Å². The van der Waals surface area contributed by atoms with Crippen LogP contribution < -0.4 is 16.0 Å². The summed E-state index contributed by atoms with van der Waals surface area (Å²) in [5.74, 6) is -0.141. The van der Waals surface area contributed by atoms with E-state index in [1.807, 2.05) is 24.3 Å². The minimum Gasteiger partial charge on any atom is -0.383 e. The molecule has 2 aliphatic rings. The lowest BCUT2D eigenvalue weighted by Gasteiger charge is -2.33. The summed E-state index contributed by atoms with van der Waals surface area (Å²) in [4.78, 5) is 39.8. The second-order valence-corrected chi connectivity index (χ2v) is 9.86. The molecule has 1 saturated heterocycles. The predicted octanol–water partition coefficient (Wildman–Crippen LogP) is 2.63. The van der Waals surface area contributed by atoms with Crippen molar-refractivity contribution in [3.05, 3.63) is 71.5 Å². The van der Waals surface area contributed by atoms with Crippen LogP contribution in [0.2, 0.25) is 0 Å². The minimum atomic E-state index is -1.21. The van der Waals surface area contributed by atoms with Gasteiger partial charge in [0.2, 0.25) is 5.91 Å². The largest absolute Gasteiger partial charge is 0.383 e. The van der Waals surface area contributed by atoms with E-state index >= 15 is 0 Å². The second kappa shape index (κ2) is 10.3. The van der Waals surface area contributed by atoms with Gasteiger partial charge in [-0.25, -0.2) is 9.48 Å². The van der Waals surface area contributed by atoms with Crippen molar-refractivity contribution < 1.29 is 19.5 Å². The van der Waals surface area contributed by atoms with Crippen molar-refractivity contribution in [2.75, 3.05) is 29.9 Å². The smallest absolute Gasteiger partial charge is 0.316 e. The molecular weight excluding hydrogens is 486 g/mol. The molecular formula is C27H31N7O4. The van der Waals surface area contributed by atoms with Crippen LogP contribution in [0, 0.1) is 0 Å². The van der Waals surface area contributed by atoms with Crippen molar-refractivity contribution in [3.63, 3.8) is 0 Å². The zero-order valence-electron chi connectivity index (χ0n) is 21.2. The highest BCUT2D eigenvalue weighted by atomic mass is 16.3. The van der Waals surface area contributed by atoms with Crippen LogP contribution in [-0.4, -0.2) is 62.5 Å². The summed E-state index contributed by atoms with van der Waals surface area (Å²) in [7, 11) is 0. The Morgan fingerprint density at radius 2 is 1.82 bits per heavy atom. The second-order valence-electron chi connectivity index (χ2n) is 9.86. The molecule has 11 heteroatoms. The highest BCUT2D eigenvalue weighted by Crippen LogP contribution is 2.37. The summed E-state index contributed by atoms with van der Waals surface area (Å²) < 4.78 is 1.78. The van der Waals surface area contributed by atoms with Crippen LogP contribution in [0.5, 0.6) is 0 Å². The molecule has 0 radical (unpaired) electrons. The van der Waals surface area contributed by atoms with Gasteiger partial charge in [0.1, 0.15) is 11.3 Å². The number of fused-ring (bicyclic) bond motifs is 1.